The first-order chi connectivity index (χ1) is 8.22. The zero-order chi connectivity index (χ0) is 12.5. The van der Waals surface area contributed by atoms with Gasteiger partial charge in [-0.3, -0.25) is 9.59 Å². The van der Waals surface area contributed by atoms with E-state index in [1.54, 1.807) is 6.92 Å². The van der Waals surface area contributed by atoms with Gasteiger partial charge in [0.1, 0.15) is 0 Å². The summed E-state index contributed by atoms with van der Waals surface area (Å²) in [6.07, 6.45) is 14.0. The zero-order valence-electron chi connectivity index (χ0n) is 10.1. The average Bonchev–Trinajstić information content (AvgIpc) is 2.61. The second-order valence-electron chi connectivity index (χ2n) is 3.85. The van der Waals surface area contributed by atoms with Gasteiger partial charge in [-0.2, -0.15) is 0 Å². The maximum Gasteiger partial charge on any atom is 0.305 e. The highest BCUT2D eigenvalue weighted by molar-refractivity contribution is 5.92. The highest BCUT2D eigenvalue weighted by atomic mass is 16.5. The Bertz CT molecular complexity index is 336. The van der Waals surface area contributed by atoms with Crippen molar-refractivity contribution in [2.45, 2.75) is 26.2 Å². The Kier molecular flexibility index (Phi) is 6.00. The fraction of sp³-hybridized carbons (Fsp3) is 0.429. The largest absolute Gasteiger partial charge is 0.457 e. The van der Waals surface area contributed by atoms with Crippen LogP contribution in [0.1, 0.15) is 26.2 Å². The Labute approximate surface area is 102 Å². The molecular weight excluding hydrogens is 216 g/mol. The monoisotopic (exact) mass is 234 g/mol. The third kappa shape index (κ3) is 5.85. The van der Waals surface area contributed by atoms with Crippen LogP contribution in [-0.2, 0) is 14.3 Å². The molecule has 0 unspecified atom stereocenters. The molecule has 0 aromatic carbocycles. The number of ether oxygens (including phenoxy) is 1. The van der Waals surface area contributed by atoms with Crippen molar-refractivity contribution in [1.82, 2.24) is 0 Å². The Balaban J connectivity index is 2.36. The minimum absolute atomic E-state index is 0.163. The van der Waals surface area contributed by atoms with E-state index in [4.69, 9.17) is 4.74 Å². The van der Waals surface area contributed by atoms with Gasteiger partial charge in [0.05, 0.1) is 0 Å². The van der Waals surface area contributed by atoms with Crippen LogP contribution in [0.5, 0.6) is 0 Å². The lowest BCUT2D eigenvalue weighted by Crippen LogP contribution is -2.11. The summed E-state index contributed by atoms with van der Waals surface area (Å²) >= 11 is 0. The average molecular weight is 234 g/mol. The van der Waals surface area contributed by atoms with Gasteiger partial charge in [-0.1, -0.05) is 37.3 Å². The van der Waals surface area contributed by atoms with E-state index >= 15 is 0 Å². The highest BCUT2D eigenvalue weighted by Crippen LogP contribution is 2.10. The molecule has 1 aliphatic carbocycles. The maximum atomic E-state index is 11.4. The predicted octanol–water partition coefficient (Wildman–Crippen LogP) is 2.59. The molecule has 92 valence electrons. The molecule has 0 atom stereocenters. The Morgan fingerprint density at radius 1 is 1.29 bits per heavy atom. The van der Waals surface area contributed by atoms with E-state index in [0.29, 0.717) is 6.42 Å². The van der Waals surface area contributed by atoms with Gasteiger partial charge in [0.2, 0.25) is 0 Å². The molecule has 0 aromatic heterocycles. The third-order valence-electron chi connectivity index (χ3n) is 2.39. The van der Waals surface area contributed by atoms with Crippen molar-refractivity contribution in [3.63, 3.8) is 0 Å². The summed E-state index contributed by atoms with van der Waals surface area (Å²) in [4.78, 5) is 22.2. The van der Waals surface area contributed by atoms with Crippen molar-refractivity contribution in [1.29, 1.82) is 0 Å². The Morgan fingerprint density at radius 2 is 1.94 bits per heavy atom. The number of carbonyl (C=O) groups is 2. The summed E-state index contributed by atoms with van der Waals surface area (Å²) < 4.78 is 4.74. The first kappa shape index (κ1) is 13.4. The molecule has 1 rings (SSSR count). The predicted molar refractivity (Wildman–Crippen MR) is 66.4 cm³/mol. The first-order valence-corrected chi connectivity index (χ1v) is 5.92. The van der Waals surface area contributed by atoms with Crippen molar-refractivity contribution in [2.24, 2.45) is 5.92 Å². The molecule has 0 amide bonds. The number of esters is 1. The standard InChI is InChI=1S/C14H18O3/c1-2-14(16)17-11-13(15)10-9-12-7-5-3-4-6-8-12/h5-10,12H,2-4,11H2,1H3/b10-9+. The van der Waals surface area contributed by atoms with Crippen LogP contribution in [0.2, 0.25) is 0 Å². The summed E-state index contributed by atoms with van der Waals surface area (Å²) in [5.74, 6) is -0.359. The van der Waals surface area contributed by atoms with Crippen LogP contribution in [0.15, 0.2) is 36.5 Å². The molecule has 0 bridgehead atoms. The molecule has 0 aromatic rings. The van der Waals surface area contributed by atoms with E-state index < -0.39 is 0 Å². The zero-order valence-corrected chi connectivity index (χ0v) is 10.1. The highest BCUT2D eigenvalue weighted by Gasteiger charge is 2.03. The molecule has 0 spiro atoms. The SMILES string of the molecule is CCC(=O)OCC(=O)/C=C/C1C=CCCC=C1. The minimum Gasteiger partial charge on any atom is -0.457 e. The topological polar surface area (TPSA) is 43.4 Å². The molecule has 3 nitrogen and oxygen atoms in total. The molecule has 0 saturated heterocycles. The van der Waals surface area contributed by atoms with Gasteiger partial charge in [-0.25, -0.2) is 0 Å². The molecule has 17 heavy (non-hydrogen) atoms. The summed E-state index contributed by atoms with van der Waals surface area (Å²) in [6, 6.07) is 0. The summed E-state index contributed by atoms with van der Waals surface area (Å²) in [5, 5.41) is 0. The second kappa shape index (κ2) is 7.60. The van der Waals surface area contributed by atoms with Gasteiger partial charge in [-0.15, -0.1) is 0 Å². The van der Waals surface area contributed by atoms with E-state index in [2.05, 4.69) is 24.3 Å². The summed E-state index contributed by atoms with van der Waals surface area (Å²) in [5.41, 5.74) is 0. The van der Waals surface area contributed by atoms with Crippen molar-refractivity contribution in [2.75, 3.05) is 6.61 Å². The molecule has 0 heterocycles. The molecule has 1 aliphatic rings. The fourth-order valence-corrected chi connectivity index (χ4v) is 1.41. The van der Waals surface area contributed by atoms with Crippen LogP contribution in [-0.4, -0.2) is 18.4 Å². The Hall–Kier alpha value is -1.64. The number of hydrogen-bond donors (Lipinski definition) is 0. The van der Waals surface area contributed by atoms with Crippen molar-refractivity contribution in [3.8, 4) is 0 Å². The second-order valence-corrected chi connectivity index (χ2v) is 3.85. The van der Waals surface area contributed by atoms with Crippen molar-refractivity contribution >= 4 is 11.8 Å². The van der Waals surface area contributed by atoms with Crippen LogP contribution >= 0.6 is 0 Å². The van der Waals surface area contributed by atoms with Crippen LogP contribution < -0.4 is 0 Å². The van der Waals surface area contributed by atoms with E-state index in [9.17, 15) is 9.59 Å². The molecule has 0 aliphatic heterocycles. The number of rotatable bonds is 5. The first-order valence-electron chi connectivity index (χ1n) is 5.92. The lowest BCUT2D eigenvalue weighted by molar-refractivity contribution is -0.146. The quantitative estimate of drug-likeness (QED) is 0.417. The number of carbonyl (C=O) groups excluding carboxylic acids is 2. The molecule has 3 heteroatoms. The van der Waals surface area contributed by atoms with E-state index in [1.807, 2.05) is 6.08 Å². The van der Waals surface area contributed by atoms with Gasteiger partial charge < -0.3 is 4.74 Å². The van der Waals surface area contributed by atoms with E-state index in [0.717, 1.165) is 12.8 Å². The van der Waals surface area contributed by atoms with E-state index in [-0.39, 0.29) is 24.3 Å². The van der Waals surface area contributed by atoms with Crippen molar-refractivity contribution in [3.05, 3.63) is 36.5 Å². The van der Waals surface area contributed by atoms with Crippen LogP contribution in [0.4, 0.5) is 0 Å². The molecule has 0 N–H and O–H groups in total. The lowest BCUT2D eigenvalue weighted by atomic mass is 10.1. The van der Waals surface area contributed by atoms with Crippen molar-refractivity contribution < 1.29 is 14.3 Å². The van der Waals surface area contributed by atoms with Gasteiger partial charge in [0.15, 0.2) is 12.4 Å². The maximum absolute atomic E-state index is 11.4. The smallest absolute Gasteiger partial charge is 0.305 e. The third-order valence-corrected chi connectivity index (χ3v) is 2.39. The van der Waals surface area contributed by atoms with Gasteiger partial charge in [-0.05, 0) is 18.9 Å². The van der Waals surface area contributed by atoms with Crippen LogP contribution in [0.25, 0.3) is 0 Å². The molecular formula is C14H18O3. The van der Waals surface area contributed by atoms with Crippen LogP contribution in [0, 0.1) is 5.92 Å². The Morgan fingerprint density at radius 3 is 2.53 bits per heavy atom. The molecule has 0 radical (unpaired) electrons. The number of ketones is 1. The number of allylic oxidation sites excluding steroid dienone is 5. The minimum atomic E-state index is -0.346. The normalized spacial score (nSPS) is 16.1. The van der Waals surface area contributed by atoms with Gasteiger partial charge in [0, 0.05) is 12.3 Å². The summed E-state index contributed by atoms with van der Waals surface area (Å²) in [6.45, 7) is 1.53. The lowest BCUT2D eigenvalue weighted by Gasteiger charge is -2.00. The van der Waals surface area contributed by atoms with E-state index in [1.165, 1.54) is 6.08 Å². The molecule has 0 fully saturated rings. The van der Waals surface area contributed by atoms with Crippen LogP contribution in [0.3, 0.4) is 0 Å². The van der Waals surface area contributed by atoms with Gasteiger partial charge >= 0.3 is 5.97 Å². The fourth-order valence-electron chi connectivity index (χ4n) is 1.41. The summed E-state index contributed by atoms with van der Waals surface area (Å²) in [7, 11) is 0. The molecule has 0 saturated carbocycles. The van der Waals surface area contributed by atoms with Gasteiger partial charge in [0.25, 0.3) is 0 Å². The number of hydrogen-bond acceptors (Lipinski definition) is 3.